The highest BCUT2D eigenvalue weighted by molar-refractivity contribution is 7.21. The minimum atomic E-state index is -0.459. The van der Waals surface area contributed by atoms with Gasteiger partial charge in [-0.3, -0.25) is 9.59 Å². The van der Waals surface area contributed by atoms with Crippen molar-refractivity contribution in [3.63, 3.8) is 0 Å². The number of halogens is 1. The van der Waals surface area contributed by atoms with Gasteiger partial charge in [0.05, 0.1) is 16.1 Å². The number of nitrogens with zero attached hydrogens (tertiary/aromatic N) is 2. The Kier molecular flexibility index (Phi) is 5.19. The molecule has 0 bridgehead atoms. The molecule has 4 aromatic rings. The number of aromatic nitrogens is 1. The van der Waals surface area contributed by atoms with E-state index in [9.17, 15) is 14.0 Å². The lowest BCUT2D eigenvalue weighted by atomic mass is 10.1. The number of hydrogen-bond acceptors (Lipinski definition) is 4. The van der Waals surface area contributed by atoms with Crippen LogP contribution in [0.2, 0.25) is 0 Å². The fourth-order valence-corrected chi connectivity index (χ4v) is 4.92. The molecule has 1 fully saturated rings. The number of amides is 2. The van der Waals surface area contributed by atoms with E-state index >= 15 is 0 Å². The monoisotopic (exact) mass is 445 g/mol. The van der Waals surface area contributed by atoms with Crippen molar-refractivity contribution < 1.29 is 14.0 Å². The SMILES string of the molecule is Cc1ccc2nc(-c3ccc(NC(=O)C4CC(=O)N(c5ccc(F)cc5)C4)cc3)sc2c1. The van der Waals surface area contributed by atoms with Gasteiger partial charge in [-0.05, 0) is 73.2 Å². The number of carbonyl (C=O) groups is 2. The van der Waals surface area contributed by atoms with Crippen LogP contribution in [0.1, 0.15) is 12.0 Å². The number of aryl methyl sites for hydroxylation is 1. The number of hydrogen-bond donors (Lipinski definition) is 1. The summed E-state index contributed by atoms with van der Waals surface area (Å²) in [7, 11) is 0. The van der Waals surface area contributed by atoms with E-state index in [2.05, 4.69) is 24.4 Å². The van der Waals surface area contributed by atoms with E-state index in [0.29, 0.717) is 11.4 Å². The molecule has 0 radical (unpaired) electrons. The Bertz CT molecular complexity index is 1320. The predicted molar refractivity (Wildman–Crippen MR) is 125 cm³/mol. The summed E-state index contributed by atoms with van der Waals surface area (Å²) in [6.45, 7) is 2.34. The Morgan fingerprint density at radius 1 is 1.09 bits per heavy atom. The highest BCUT2D eigenvalue weighted by atomic mass is 32.1. The lowest BCUT2D eigenvalue weighted by Gasteiger charge is -2.16. The molecule has 1 aromatic heterocycles. The first-order valence-corrected chi connectivity index (χ1v) is 11.1. The summed E-state index contributed by atoms with van der Waals surface area (Å²) in [6, 6.07) is 19.5. The van der Waals surface area contributed by atoms with E-state index in [1.54, 1.807) is 23.5 Å². The molecule has 1 N–H and O–H groups in total. The van der Waals surface area contributed by atoms with Crippen LogP contribution in [0.4, 0.5) is 15.8 Å². The summed E-state index contributed by atoms with van der Waals surface area (Å²) in [5.74, 6) is -1.16. The molecule has 32 heavy (non-hydrogen) atoms. The summed E-state index contributed by atoms with van der Waals surface area (Å²) in [5, 5.41) is 3.83. The van der Waals surface area contributed by atoms with Crippen LogP contribution in [0.5, 0.6) is 0 Å². The maximum Gasteiger partial charge on any atom is 0.229 e. The number of thiazole rings is 1. The van der Waals surface area contributed by atoms with E-state index in [4.69, 9.17) is 4.98 Å². The number of rotatable bonds is 4. The zero-order valence-corrected chi connectivity index (χ0v) is 18.2. The van der Waals surface area contributed by atoms with Gasteiger partial charge in [0.2, 0.25) is 11.8 Å². The Balaban J connectivity index is 1.26. The van der Waals surface area contributed by atoms with Gasteiger partial charge < -0.3 is 10.2 Å². The largest absolute Gasteiger partial charge is 0.326 e. The first-order chi connectivity index (χ1) is 15.5. The Morgan fingerprint density at radius 3 is 2.59 bits per heavy atom. The van der Waals surface area contributed by atoms with Crippen molar-refractivity contribution in [2.45, 2.75) is 13.3 Å². The van der Waals surface area contributed by atoms with Crippen LogP contribution in [-0.2, 0) is 9.59 Å². The molecule has 0 saturated carbocycles. The van der Waals surface area contributed by atoms with Crippen LogP contribution in [0, 0.1) is 18.7 Å². The second-order valence-electron chi connectivity index (χ2n) is 7.94. The molecule has 1 unspecified atom stereocenters. The van der Waals surface area contributed by atoms with Crippen molar-refractivity contribution >= 4 is 44.7 Å². The topological polar surface area (TPSA) is 62.3 Å². The van der Waals surface area contributed by atoms with Gasteiger partial charge in [-0.15, -0.1) is 11.3 Å². The molecule has 1 atom stereocenters. The molecule has 3 aromatic carbocycles. The second kappa shape index (κ2) is 8.16. The first kappa shape index (κ1) is 20.3. The zero-order valence-electron chi connectivity index (χ0n) is 17.3. The summed E-state index contributed by atoms with van der Waals surface area (Å²) in [6.07, 6.45) is 0.131. The third-order valence-corrected chi connectivity index (χ3v) is 6.64. The van der Waals surface area contributed by atoms with E-state index in [-0.39, 0.29) is 30.6 Å². The third kappa shape index (κ3) is 3.99. The average molecular weight is 446 g/mol. The molecule has 0 aliphatic carbocycles. The molecule has 5 rings (SSSR count). The van der Waals surface area contributed by atoms with Crippen LogP contribution in [0.15, 0.2) is 66.7 Å². The first-order valence-electron chi connectivity index (χ1n) is 10.3. The van der Waals surface area contributed by atoms with Gasteiger partial charge in [-0.1, -0.05) is 6.07 Å². The molecule has 1 saturated heterocycles. The van der Waals surface area contributed by atoms with Crippen molar-refractivity contribution in [3.8, 4) is 10.6 Å². The molecule has 1 aliphatic heterocycles. The Labute approximate surface area is 188 Å². The van der Waals surface area contributed by atoms with Gasteiger partial charge >= 0.3 is 0 Å². The van der Waals surface area contributed by atoms with Crippen LogP contribution in [0.3, 0.4) is 0 Å². The molecule has 2 amide bonds. The molecule has 7 heteroatoms. The quantitative estimate of drug-likeness (QED) is 0.457. The number of fused-ring (bicyclic) bond motifs is 1. The number of anilines is 2. The highest BCUT2D eigenvalue weighted by Gasteiger charge is 2.35. The van der Waals surface area contributed by atoms with Gasteiger partial charge in [0.25, 0.3) is 0 Å². The van der Waals surface area contributed by atoms with E-state index in [1.807, 2.05) is 30.3 Å². The summed E-state index contributed by atoms with van der Waals surface area (Å²) in [4.78, 5) is 31.3. The van der Waals surface area contributed by atoms with Crippen LogP contribution < -0.4 is 10.2 Å². The standard InChI is InChI=1S/C25H20FN3O2S/c1-15-2-11-21-22(12-15)32-25(28-21)16-3-7-19(8-4-16)27-24(31)17-13-23(30)29(14-17)20-9-5-18(26)6-10-20/h2-12,17H,13-14H2,1H3,(H,27,31). The number of benzene rings is 3. The molecule has 5 nitrogen and oxygen atoms in total. The molecular weight excluding hydrogens is 425 g/mol. The predicted octanol–water partition coefficient (Wildman–Crippen LogP) is 5.40. The van der Waals surface area contributed by atoms with Crippen LogP contribution in [0.25, 0.3) is 20.8 Å². The van der Waals surface area contributed by atoms with Gasteiger partial charge in [0.15, 0.2) is 0 Å². The maximum absolute atomic E-state index is 13.2. The molecule has 2 heterocycles. The maximum atomic E-state index is 13.2. The third-order valence-electron chi connectivity index (χ3n) is 5.58. The van der Waals surface area contributed by atoms with Gasteiger partial charge in [0.1, 0.15) is 10.8 Å². The van der Waals surface area contributed by atoms with Gasteiger partial charge in [0, 0.05) is 29.9 Å². The van der Waals surface area contributed by atoms with Gasteiger partial charge in [-0.2, -0.15) is 0 Å². The van der Waals surface area contributed by atoms with E-state index in [1.165, 1.54) is 22.6 Å². The zero-order chi connectivity index (χ0) is 22.2. The smallest absolute Gasteiger partial charge is 0.229 e. The average Bonchev–Trinajstić information content (AvgIpc) is 3.38. The van der Waals surface area contributed by atoms with E-state index in [0.717, 1.165) is 20.8 Å². The lowest BCUT2D eigenvalue weighted by molar-refractivity contribution is -0.122. The minimum Gasteiger partial charge on any atom is -0.326 e. The molecular formula is C25H20FN3O2S. The van der Waals surface area contributed by atoms with Gasteiger partial charge in [-0.25, -0.2) is 9.37 Å². The van der Waals surface area contributed by atoms with Crippen molar-refractivity contribution in [1.29, 1.82) is 0 Å². The van der Waals surface area contributed by atoms with Crippen molar-refractivity contribution in [2.24, 2.45) is 5.92 Å². The number of carbonyl (C=O) groups excluding carboxylic acids is 2. The molecule has 160 valence electrons. The van der Waals surface area contributed by atoms with Crippen molar-refractivity contribution in [1.82, 2.24) is 4.98 Å². The highest BCUT2D eigenvalue weighted by Crippen LogP contribution is 2.32. The fraction of sp³-hybridized carbons (Fsp3) is 0.160. The normalized spacial score (nSPS) is 16.0. The molecule has 0 spiro atoms. The summed E-state index contributed by atoms with van der Waals surface area (Å²) >= 11 is 1.64. The van der Waals surface area contributed by atoms with Crippen LogP contribution >= 0.6 is 11.3 Å². The van der Waals surface area contributed by atoms with Crippen molar-refractivity contribution in [3.05, 3.63) is 78.1 Å². The minimum absolute atomic E-state index is 0.131. The summed E-state index contributed by atoms with van der Waals surface area (Å²) < 4.78 is 14.3. The molecule has 1 aliphatic rings. The second-order valence-corrected chi connectivity index (χ2v) is 8.97. The summed E-state index contributed by atoms with van der Waals surface area (Å²) in [5.41, 5.74) is 4.43. The number of nitrogens with one attached hydrogen (secondary N) is 1. The van der Waals surface area contributed by atoms with Crippen LogP contribution in [-0.4, -0.2) is 23.3 Å². The fourth-order valence-electron chi connectivity index (χ4n) is 3.85. The Hall–Kier alpha value is -3.58. The van der Waals surface area contributed by atoms with Crippen molar-refractivity contribution in [2.75, 3.05) is 16.8 Å². The lowest BCUT2D eigenvalue weighted by Crippen LogP contribution is -2.28. The van der Waals surface area contributed by atoms with E-state index < -0.39 is 5.92 Å². The Morgan fingerprint density at radius 2 is 1.84 bits per heavy atom.